The number of anilines is 2. The zero-order valence-corrected chi connectivity index (χ0v) is 10.9. The summed E-state index contributed by atoms with van der Waals surface area (Å²) in [6.45, 7) is 1.67. The molecule has 6 heteroatoms. The second kappa shape index (κ2) is 5.56. The van der Waals surface area contributed by atoms with Crippen LogP contribution in [-0.4, -0.2) is 10.5 Å². The summed E-state index contributed by atoms with van der Waals surface area (Å²) in [7, 11) is 0. The van der Waals surface area contributed by atoms with Crippen molar-refractivity contribution in [3.63, 3.8) is 0 Å². The van der Waals surface area contributed by atoms with Gasteiger partial charge in [0.25, 0.3) is 5.56 Å². The summed E-state index contributed by atoms with van der Waals surface area (Å²) in [4.78, 5) is 23.5. The minimum Gasteiger partial charge on any atom is -0.397 e. The number of rotatable bonds is 3. The van der Waals surface area contributed by atoms with Crippen molar-refractivity contribution < 1.29 is 9.18 Å². The van der Waals surface area contributed by atoms with Crippen molar-refractivity contribution in [2.45, 2.75) is 13.5 Å². The molecule has 0 bridgehead atoms. The number of nitrogens with two attached hydrogens (primary N) is 1. The van der Waals surface area contributed by atoms with Gasteiger partial charge in [0, 0.05) is 12.3 Å². The summed E-state index contributed by atoms with van der Waals surface area (Å²) in [5.41, 5.74) is 6.61. The molecule has 2 rings (SSSR count). The van der Waals surface area contributed by atoms with Gasteiger partial charge in [0.15, 0.2) is 0 Å². The molecule has 1 aromatic carbocycles. The summed E-state index contributed by atoms with van der Waals surface area (Å²) in [6.07, 6.45) is 1.55. The summed E-state index contributed by atoms with van der Waals surface area (Å²) in [6, 6.07) is 6.87. The van der Waals surface area contributed by atoms with E-state index < -0.39 is 11.7 Å². The van der Waals surface area contributed by atoms with Crippen LogP contribution in [0.4, 0.5) is 15.8 Å². The van der Waals surface area contributed by atoms with Crippen LogP contribution in [-0.2, 0) is 11.3 Å². The first-order chi connectivity index (χ1) is 9.45. The third kappa shape index (κ3) is 3.23. The van der Waals surface area contributed by atoms with Gasteiger partial charge in [-0.1, -0.05) is 0 Å². The zero-order chi connectivity index (χ0) is 14.7. The third-order valence-corrected chi connectivity index (χ3v) is 2.75. The Hall–Kier alpha value is -2.63. The van der Waals surface area contributed by atoms with E-state index in [-0.39, 0.29) is 17.8 Å². The van der Waals surface area contributed by atoms with Crippen LogP contribution in [0.25, 0.3) is 0 Å². The fraction of sp³-hybridized carbons (Fsp3) is 0.143. The number of carbonyl (C=O) groups is 1. The number of halogens is 1. The average molecular weight is 275 g/mol. The van der Waals surface area contributed by atoms with Gasteiger partial charge in [0.2, 0.25) is 5.91 Å². The summed E-state index contributed by atoms with van der Waals surface area (Å²) < 4.78 is 14.2. The van der Waals surface area contributed by atoms with E-state index in [4.69, 9.17) is 5.73 Å². The highest BCUT2D eigenvalue weighted by Crippen LogP contribution is 2.18. The molecule has 2 aromatic rings. The Bertz CT molecular complexity index is 710. The predicted molar refractivity (Wildman–Crippen MR) is 74.9 cm³/mol. The minimum absolute atomic E-state index is 0.129. The number of nitrogens with one attached hydrogen (secondary N) is 1. The Balaban J connectivity index is 2.11. The first kappa shape index (κ1) is 13.8. The van der Waals surface area contributed by atoms with E-state index in [1.807, 2.05) is 0 Å². The van der Waals surface area contributed by atoms with Crippen LogP contribution in [0.5, 0.6) is 0 Å². The molecule has 5 nitrogen and oxygen atoms in total. The monoisotopic (exact) mass is 275 g/mol. The zero-order valence-electron chi connectivity index (χ0n) is 10.9. The Labute approximate surface area is 114 Å². The highest BCUT2D eigenvalue weighted by atomic mass is 19.1. The molecule has 0 aliphatic carbocycles. The standard InChI is InChI=1S/C14H14FN3O2/c1-9-4-5-18(14(20)6-9)8-13(19)17-12-3-2-10(15)7-11(12)16/h2-7H,8,16H2,1H3,(H,17,19). The molecular weight excluding hydrogens is 261 g/mol. The number of benzene rings is 1. The fourth-order valence-electron chi connectivity index (χ4n) is 1.73. The SMILES string of the molecule is Cc1ccn(CC(=O)Nc2ccc(F)cc2N)c(=O)c1. The highest BCUT2D eigenvalue weighted by Gasteiger charge is 2.07. The van der Waals surface area contributed by atoms with Gasteiger partial charge in [0.1, 0.15) is 12.4 Å². The number of nitrogen functional groups attached to an aromatic ring is 1. The van der Waals surface area contributed by atoms with E-state index in [2.05, 4.69) is 5.32 Å². The molecule has 1 aromatic heterocycles. The van der Waals surface area contributed by atoms with Crippen molar-refractivity contribution in [3.8, 4) is 0 Å². The van der Waals surface area contributed by atoms with Crippen LogP contribution < -0.4 is 16.6 Å². The van der Waals surface area contributed by atoms with Crippen molar-refractivity contribution in [3.05, 3.63) is 58.3 Å². The first-order valence-electron chi connectivity index (χ1n) is 5.97. The van der Waals surface area contributed by atoms with Gasteiger partial charge < -0.3 is 15.6 Å². The molecular formula is C14H14FN3O2. The van der Waals surface area contributed by atoms with E-state index in [0.717, 1.165) is 11.6 Å². The van der Waals surface area contributed by atoms with Crippen molar-refractivity contribution in [2.24, 2.45) is 0 Å². The number of nitrogens with zero attached hydrogens (tertiary/aromatic N) is 1. The van der Waals surface area contributed by atoms with Crippen LogP contribution in [0.1, 0.15) is 5.56 Å². The summed E-state index contributed by atoms with van der Waals surface area (Å²) in [5, 5.41) is 2.54. The summed E-state index contributed by atoms with van der Waals surface area (Å²) in [5.74, 6) is -0.885. The van der Waals surface area contributed by atoms with Crippen molar-refractivity contribution in [2.75, 3.05) is 11.1 Å². The molecule has 3 N–H and O–H groups in total. The van der Waals surface area contributed by atoms with Gasteiger partial charge >= 0.3 is 0 Å². The molecule has 1 amide bonds. The molecule has 0 aliphatic heterocycles. The van der Waals surface area contributed by atoms with E-state index in [1.165, 1.54) is 22.8 Å². The lowest BCUT2D eigenvalue weighted by atomic mass is 10.2. The van der Waals surface area contributed by atoms with Crippen LogP contribution in [0.3, 0.4) is 0 Å². The number of aromatic nitrogens is 1. The first-order valence-corrected chi connectivity index (χ1v) is 5.97. The largest absolute Gasteiger partial charge is 0.397 e. The van der Waals surface area contributed by atoms with Gasteiger partial charge in [-0.25, -0.2) is 4.39 Å². The molecule has 0 spiro atoms. The van der Waals surface area contributed by atoms with Crippen LogP contribution in [0.2, 0.25) is 0 Å². The van der Waals surface area contributed by atoms with Gasteiger partial charge in [0.05, 0.1) is 11.4 Å². The number of aryl methyl sites for hydroxylation is 1. The van der Waals surface area contributed by atoms with Crippen molar-refractivity contribution in [1.29, 1.82) is 0 Å². The molecule has 0 radical (unpaired) electrons. The molecule has 20 heavy (non-hydrogen) atoms. The normalized spacial score (nSPS) is 10.3. The quantitative estimate of drug-likeness (QED) is 0.834. The topological polar surface area (TPSA) is 77.1 Å². The molecule has 0 saturated carbocycles. The lowest BCUT2D eigenvalue weighted by molar-refractivity contribution is -0.116. The lowest BCUT2D eigenvalue weighted by Gasteiger charge is -2.09. The maximum absolute atomic E-state index is 12.9. The predicted octanol–water partition coefficient (Wildman–Crippen LogP) is 1.52. The molecule has 0 fully saturated rings. The number of hydrogen-bond donors (Lipinski definition) is 2. The Kier molecular flexibility index (Phi) is 3.84. The maximum Gasteiger partial charge on any atom is 0.251 e. The molecule has 0 saturated heterocycles. The second-order valence-electron chi connectivity index (χ2n) is 4.45. The Morgan fingerprint density at radius 1 is 1.35 bits per heavy atom. The average Bonchev–Trinajstić information content (AvgIpc) is 2.36. The van der Waals surface area contributed by atoms with E-state index >= 15 is 0 Å². The molecule has 104 valence electrons. The smallest absolute Gasteiger partial charge is 0.251 e. The van der Waals surface area contributed by atoms with Gasteiger partial charge in [-0.3, -0.25) is 9.59 Å². The molecule has 1 heterocycles. The highest BCUT2D eigenvalue weighted by molar-refractivity contribution is 5.93. The number of amides is 1. The van der Waals surface area contributed by atoms with Crippen LogP contribution >= 0.6 is 0 Å². The van der Waals surface area contributed by atoms with Gasteiger partial charge in [-0.05, 0) is 36.8 Å². The fourth-order valence-corrected chi connectivity index (χ4v) is 1.73. The van der Waals surface area contributed by atoms with Crippen molar-refractivity contribution in [1.82, 2.24) is 4.57 Å². The second-order valence-corrected chi connectivity index (χ2v) is 4.45. The van der Waals surface area contributed by atoms with Crippen molar-refractivity contribution >= 4 is 17.3 Å². The maximum atomic E-state index is 12.9. The van der Waals surface area contributed by atoms with E-state index in [0.29, 0.717) is 5.69 Å². The third-order valence-electron chi connectivity index (χ3n) is 2.75. The Morgan fingerprint density at radius 2 is 2.10 bits per heavy atom. The summed E-state index contributed by atoms with van der Waals surface area (Å²) >= 11 is 0. The molecule has 0 atom stereocenters. The molecule has 0 unspecified atom stereocenters. The number of carbonyl (C=O) groups excluding carboxylic acids is 1. The van der Waals surface area contributed by atoms with Gasteiger partial charge in [-0.2, -0.15) is 0 Å². The molecule has 0 aliphatic rings. The minimum atomic E-state index is -0.477. The number of pyridine rings is 1. The van der Waals surface area contributed by atoms with Gasteiger partial charge in [-0.15, -0.1) is 0 Å². The lowest BCUT2D eigenvalue weighted by Crippen LogP contribution is -2.27. The van der Waals surface area contributed by atoms with E-state index in [1.54, 1.807) is 19.2 Å². The van der Waals surface area contributed by atoms with Crippen LogP contribution in [0.15, 0.2) is 41.3 Å². The number of hydrogen-bond acceptors (Lipinski definition) is 3. The Morgan fingerprint density at radius 3 is 2.75 bits per heavy atom. The van der Waals surface area contributed by atoms with E-state index in [9.17, 15) is 14.0 Å². The van der Waals surface area contributed by atoms with Crippen LogP contribution in [0, 0.1) is 12.7 Å².